The van der Waals surface area contributed by atoms with Gasteiger partial charge in [0.1, 0.15) is 32.1 Å². The maximum atomic E-state index is 12.8. The van der Waals surface area contributed by atoms with Crippen LogP contribution in [0.5, 0.6) is 28.9 Å². The van der Waals surface area contributed by atoms with Gasteiger partial charge in [-0.1, -0.05) is 0 Å². The number of hydrogen-bond donors (Lipinski definition) is 2. The number of aromatic hydroxyl groups is 1. The molecule has 142 valence electrons. The van der Waals surface area contributed by atoms with Crippen molar-refractivity contribution in [2.75, 3.05) is 26.4 Å². The number of aromatic amines is 1. The first-order chi connectivity index (χ1) is 13.7. The van der Waals surface area contributed by atoms with Gasteiger partial charge in [-0.25, -0.2) is 4.99 Å². The van der Waals surface area contributed by atoms with Gasteiger partial charge in [-0.3, -0.25) is 4.79 Å². The molecule has 3 aromatic heterocycles. The predicted octanol–water partition coefficient (Wildman–Crippen LogP) is 3.04. The molecular formula is C18H12N2O6S2. The number of nitrogens with one attached hydrogen (secondary N) is 1. The molecule has 3 aliphatic heterocycles. The van der Waals surface area contributed by atoms with E-state index in [9.17, 15) is 9.90 Å². The molecule has 0 saturated carbocycles. The average molecular weight is 416 g/mol. The van der Waals surface area contributed by atoms with Crippen LogP contribution < -0.4 is 18.9 Å². The van der Waals surface area contributed by atoms with Gasteiger partial charge >= 0.3 is 0 Å². The normalized spacial score (nSPS) is 16.9. The van der Waals surface area contributed by atoms with E-state index in [1.165, 1.54) is 22.7 Å². The van der Waals surface area contributed by atoms with E-state index in [0.717, 1.165) is 0 Å². The van der Waals surface area contributed by atoms with Gasteiger partial charge in [0, 0.05) is 10.8 Å². The lowest BCUT2D eigenvalue weighted by Gasteiger charge is -2.16. The Morgan fingerprint density at radius 2 is 1.50 bits per heavy atom. The molecule has 6 heterocycles. The first-order valence-corrected chi connectivity index (χ1v) is 10.3. The summed E-state index contributed by atoms with van der Waals surface area (Å²) >= 11 is 2.75. The molecule has 0 aromatic carbocycles. The predicted molar refractivity (Wildman–Crippen MR) is 102 cm³/mol. The molecule has 1 amide bonds. The zero-order chi connectivity index (χ0) is 18.8. The maximum Gasteiger partial charge on any atom is 0.280 e. The Morgan fingerprint density at radius 3 is 2.21 bits per heavy atom. The van der Waals surface area contributed by atoms with Crippen LogP contribution in [0.1, 0.15) is 20.8 Å². The first-order valence-electron chi connectivity index (χ1n) is 8.55. The number of nitrogens with zero attached hydrogens (tertiary/aromatic N) is 1. The molecule has 3 aromatic rings. The van der Waals surface area contributed by atoms with Crippen molar-refractivity contribution >= 4 is 34.3 Å². The van der Waals surface area contributed by atoms with E-state index in [2.05, 4.69) is 9.98 Å². The molecule has 2 N–H and O–H groups in total. The fraction of sp³-hybridized carbons (Fsp3) is 0.222. The molecule has 0 fully saturated rings. The van der Waals surface area contributed by atoms with E-state index >= 15 is 0 Å². The van der Waals surface area contributed by atoms with Crippen molar-refractivity contribution in [2.45, 2.75) is 0 Å². The highest BCUT2D eigenvalue weighted by atomic mass is 32.1. The SMILES string of the molecule is O=C1N=C(c2scc3c2OCCO3)c2c(O)[nH]c(-c3scc4c3OCCO4)c21. The van der Waals surface area contributed by atoms with Gasteiger partial charge in [-0.15, -0.1) is 22.7 Å². The van der Waals surface area contributed by atoms with Crippen molar-refractivity contribution in [1.82, 2.24) is 4.98 Å². The van der Waals surface area contributed by atoms with E-state index in [0.29, 0.717) is 81.7 Å². The number of fused-ring (bicyclic) bond motifs is 3. The molecule has 0 radical (unpaired) electrons. The zero-order valence-electron chi connectivity index (χ0n) is 14.2. The standard InChI is InChI=1S/C18H12N2O6S2/c21-17-9-10(12(20-17)16-14-8(6-28-16)24-2-4-26-14)18(22)19-11(9)15-13-7(5-27-15)23-1-3-25-13/h5-6,19,22H,1-4H2. The van der Waals surface area contributed by atoms with Crippen molar-refractivity contribution < 1.29 is 28.8 Å². The van der Waals surface area contributed by atoms with Crippen LogP contribution in [0, 0.1) is 0 Å². The zero-order valence-corrected chi connectivity index (χ0v) is 15.9. The summed E-state index contributed by atoms with van der Waals surface area (Å²) < 4.78 is 22.6. The number of carbonyl (C=O) groups excluding carboxylic acids is 1. The summed E-state index contributed by atoms with van der Waals surface area (Å²) in [5.41, 5.74) is 1.57. The topological polar surface area (TPSA) is 102 Å². The summed E-state index contributed by atoms with van der Waals surface area (Å²) in [4.78, 5) is 21.3. The van der Waals surface area contributed by atoms with E-state index in [1.807, 2.05) is 10.8 Å². The number of ether oxygens (including phenoxy) is 4. The van der Waals surface area contributed by atoms with Crippen LogP contribution in [0.15, 0.2) is 15.8 Å². The van der Waals surface area contributed by atoms with Crippen LogP contribution in [0.25, 0.3) is 10.6 Å². The Kier molecular flexibility index (Phi) is 3.29. The third kappa shape index (κ3) is 2.09. The summed E-state index contributed by atoms with van der Waals surface area (Å²) in [5, 5.41) is 14.3. The summed E-state index contributed by atoms with van der Waals surface area (Å²) in [5.74, 6) is 1.86. The van der Waals surface area contributed by atoms with Crippen LogP contribution in [-0.4, -0.2) is 48.1 Å². The Morgan fingerprint density at radius 1 is 0.893 bits per heavy atom. The van der Waals surface area contributed by atoms with Crippen LogP contribution in [0.4, 0.5) is 0 Å². The smallest absolute Gasteiger partial charge is 0.280 e. The number of hydrogen-bond acceptors (Lipinski definition) is 8. The lowest BCUT2D eigenvalue weighted by atomic mass is 10.1. The molecule has 28 heavy (non-hydrogen) atoms. The number of H-pyrrole nitrogens is 1. The van der Waals surface area contributed by atoms with Crippen LogP contribution >= 0.6 is 22.7 Å². The van der Waals surface area contributed by atoms with Crippen LogP contribution in [0.3, 0.4) is 0 Å². The van der Waals surface area contributed by atoms with Gasteiger partial charge < -0.3 is 29.0 Å². The molecule has 0 unspecified atom stereocenters. The lowest BCUT2D eigenvalue weighted by molar-refractivity contribution is 0.101. The maximum absolute atomic E-state index is 12.8. The quantitative estimate of drug-likeness (QED) is 0.666. The van der Waals surface area contributed by atoms with Crippen LogP contribution in [-0.2, 0) is 0 Å². The second kappa shape index (κ2) is 5.76. The van der Waals surface area contributed by atoms with Crippen molar-refractivity contribution in [3.8, 4) is 39.4 Å². The van der Waals surface area contributed by atoms with E-state index in [4.69, 9.17) is 18.9 Å². The first kappa shape index (κ1) is 16.0. The van der Waals surface area contributed by atoms with Gasteiger partial charge in [0.25, 0.3) is 5.91 Å². The van der Waals surface area contributed by atoms with E-state index in [-0.39, 0.29) is 5.88 Å². The minimum absolute atomic E-state index is 0.118. The van der Waals surface area contributed by atoms with Crippen LogP contribution in [0.2, 0.25) is 0 Å². The second-order valence-corrected chi connectivity index (χ2v) is 8.03. The molecule has 0 atom stereocenters. The van der Waals surface area contributed by atoms with Crippen molar-refractivity contribution in [3.05, 3.63) is 26.8 Å². The third-order valence-electron chi connectivity index (χ3n) is 4.69. The highest BCUT2D eigenvalue weighted by molar-refractivity contribution is 7.14. The third-order valence-corrected chi connectivity index (χ3v) is 6.59. The number of aliphatic imine (C=N–C) groups is 1. The number of rotatable bonds is 2. The summed E-state index contributed by atoms with van der Waals surface area (Å²) in [7, 11) is 0. The van der Waals surface area contributed by atoms with E-state index in [1.54, 1.807) is 0 Å². The summed E-state index contributed by atoms with van der Waals surface area (Å²) in [6.45, 7) is 1.81. The highest BCUT2D eigenvalue weighted by Gasteiger charge is 2.38. The molecule has 0 aliphatic carbocycles. The van der Waals surface area contributed by atoms with Crippen molar-refractivity contribution in [2.24, 2.45) is 4.99 Å². The molecular weight excluding hydrogens is 404 g/mol. The number of aromatic nitrogens is 1. The number of carbonyl (C=O) groups is 1. The highest BCUT2D eigenvalue weighted by Crippen LogP contribution is 2.50. The molecule has 6 rings (SSSR count). The minimum Gasteiger partial charge on any atom is -0.494 e. The van der Waals surface area contributed by atoms with Crippen molar-refractivity contribution in [3.63, 3.8) is 0 Å². The Bertz CT molecular complexity index is 1170. The molecule has 0 saturated heterocycles. The van der Waals surface area contributed by atoms with Crippen molar-refractivity contribution in [1.29, 1.82) is 0 Å². The van der Waals surface area contributed by atoms with E-state index < -0.39 is 5.91 Å². The molecule has 3 aliphatic rings. The fourth-order valence-electron chi connectivity index (χ4n) is 3.54. The Balaban J connectivity index is 1.51. The molecule has 8 nitrogen and oxygen atoms in total. The van der Waals surface area contributed by atoms with Gasteiger partial charge in [0.05, 0.1) is 26.6 Å². The fourth-order valence-corrected chi connectivity index (χ4v) is 5.40. The Labute approximate surface area is 166 Å². The average Bonchev–Trinajstić information content (AvgIpc) is 3.46. The number of thiophene rings is 2. The number of amides is 1. The largest absolute Gasteiger partial charge is 0.494 e. The second-order valence-electron chi connectivity index (χ2n) is 6.27. The summed E-state index contributed by atoms with van der Waals surface area (Å²) in [6, 6.07) is 0. The summed E-state index contributed by atoms with van der Waals surface area (Å²) in [6.07, 6.45) is 0. The van der Waals surface area contributed by atoms with Gasteiger partial charge in [0.2, 0.25) is 0 Å². The van der Waals surface area contributed by atoms with Gasteiger partial charge in [-0.2, -0.15) is 0 Å². The van der Waals surface area contributed by atoms with Gasteiger partial charge in [-0.05, 0) is 0 Å². The lowest BCUT2D eigenvalue weighted by Crippen LogP contribution is -2.15. The monoisotopic (exact) mass is 416 g/mol. The minimum atomic E-state index is -0.422. The Hall–Kier alpha value is -2.98. The molecule has 0 bridgehead atoms. The van der Waals surface area contributed by atoms with Gasteiger partial charge in [0.15, 0.2) is 28.9 Å². The molecule has 10 heteroatoms. The molecule has 0 spiro atoms.